The molecule has 0 bridgehead atoms. The van der Waals surface area contributed by atoms with Gasteiger partial charge in [-0.3, -0.25) is 5.32 Å². The summed E-state index contributed by atoms with van der Waals surface area (Å²) in [6.45, 7) is 5.47. The fourth-order valence-corrected chi connectivity index (χ4v) is 3.37. The van der Waals surface area contributed by atoms with Crippen LogP contribution >= 0.6 is 11.6 Å². The number of nitrogens with one attached hydrogen (secondary N) is 1. The van der Waals surface area contributed by atoms with E-state index < -0.39 is 6.29 Å². The molecule has 0 radical (unpaired) electrons. The third kappa shape index (κ3) is 4.87. The monoisotopic (exact) mass is 425 g/mol. The average molecular weight is 426 g/mol. The van der Waals surface area contributed by atoms with Gasteiger partial charge in [0.15, 0.2) is 11.5 Å². The van der Waals surface area contributed by atoms with Crippen LogP contribution in [-0.2, 0) is 0 Å². The number of fused-ring (bicyclic) bond motifs is 1. The van der Waals surface area contributed by atoms with Gasteiger partial charge in [0.2, 0.25) is 0 Å². The molecule has 0 spiro atoms. The quantitative estimate of drug-likeness (QED) is 0.663. The lowest BCUT2D eigenvalue weighted by atomic mass is 10.1. The number of carbonyl (C=O) groups is 1. The van der Waals surface area contributed by atoms with Crippen LogP contribution in [0.5, 0.6) is 11.5 Å². The van der Waals surface area contributed by atoms with Gasteiger partial charge in [-0.15, -0.1) is 8.78 Å². The molecule has 2 aromatic rings. The molecule has 2 amide bonds. The molecule has 0 saturated carbocycles. The van der Waals surface area contributed by atoms with Gasteiger partial charge >= 0.3 is 12.3 Å². The van der Waals surface area contributed by atoms with Crippen molar-refractivity contribution in [1.82, 2.24) is 9.88 Å². The van der Waals surface area contributed by atoms with Crippen molar-refractivity contribution in [1.29, 1.82) is 0 Å². The summed E-state index contributed by atoms with van der Waals surface area (Å²) in [5, 5.41) is 2.98. The molecule has 29 heavy (non-hydrogen) atoms. The van der Waals surface area contributed by atoms with Gasteiger partial charge in [0.25, 0.3) is 0 Å². The molecule has 1 fully saturated rings. The first-order valence-electron chi connectivity index (χ1n) is 9.53. The van der Waals surface area contributed by atoms with E-state index in [9.17, 15) is 13.6 Å². The number of carbonyl (C=O) groups excluding carboxylic acids is 1. The zero-order chi connectivity index (χ0) is 21.0. The SMILES string of the molecule is CC.O=C(Nc1ccc(-c2cc3c(cc2Cl)OC(F)(F)O3)cn1)N1CCCCC1. The minimum atomic E-state index is -3.70. The highest BCUT2D eigenvalue weighted by atomic mass is 35.5. The lowest BCUT2D eigenvalue weighted by Crippen LogP contribution is -2.38. The number of aromatic nitrogens is 1. The summed E-state index contributed by atoms with van der Waals surface area (Å²) in [5.41, 5.74) is 1.07. The Morgan fingerprint density at radius 2 is 1.79 bits per heavy atom. The van der Waals surface area contributed by atoms with Gasteiger partial charge in [-0.1, -0.05) is 25.4 Å². The first kappa shape index (κ1) is 21.1. The van der Waals surface area contributed by atoms with Crippen LogP contribution in [0.25, 0.3) is 11.1 Å². The second-order valence-corrected chi connectivity index (χ2v) is 6.76. The Morgan fingerprint density at radius 1 is 1.14 bits per heavy atom. The molecule has 1 aromatic carbocycles. The molecule has 1 saturated heterocycles. The number of amides is 2. The van der Waals surface area contributed by atoms with E-state index in [1.807, 2.05) is 13.8 Å². The first-order valence-corrected chi connectivity index (χ1v) is 9.91. The van der Waals surface area contributed by atoms with Crippen molar-refractivity contribution in [3.63, 3.8) is 0 Å². The van der Waals surface area contributed by atoms with Crippen LogP contribution in [0.15, 0.2) is 30.5 Å². The van der Waals surface area contributed by atoms with Gasteiger partial charge < -0.3 is 14.4 Å². The van der Waals surface area contributed by atoms with Crippen molar-refractivity contribution in [2.45, 2.75) is 39.4 Å². The molecule has 3 heterocycles. The number of hydrogen-bond donors (Lipinski definition) is 1. The molecular formula is C20H22ClF2N3O3. The van der Waals surface area contributed by atoms with Crippen molar-refractivity contribution < 1.29 is 23.0 Å². The molecule has 2 aliphatic rings. The Kier molecular flexibility index (Phi) is 6.42. The summed E-state index contributed by atoms with van der Waals surface area (Å²) in [4.78, 5) is 18.2. The van der Waals surface area contributed by atoms with E-state index in [1.165, 1.54) is 18.3 Å². The molecule has 9 heteroatoms. The number of anilines is 1. The topological polar surface area (TPSA) is 63.7 Å². The zero-order valence-electron chi connectivity index (χ0n) is 16.2. The van der Waals surface area contributed by atoms with Crippen LogP contribution in [-0.4, -0.2) is 35.3 Å². The summed E-state index contributed by atoms with van der Waals surface area (Å²) in [6, 6.07) is 5.80. The maximum Gasteiger partial charge on any atom is 0.586 e. The minimum absolute atomic E-state index is 0.0955. The predicted molar refractivity (Wildman–Crippen MR) is 107 cm³/mol. The summed E-state index contributed by atoms with van der Waals surface area (Å²) < 4.78 is 35.2. The van der Waals surface area contributed by atoms with Crippen LogP contribution in [0.2, 0.25) is 5.02 Å². The molecule has 2 aliphatic heterocycles. The number of pyridine rings is 1. The van der Waals surface area contributed by atoms with E-state index in [-0.39, 0.29) is 22.6 Å². The van der Waals surface area contributed by atoms with E-state index in [0.29, 0.717) is 16.9 Å². The number of urea groups is 1. The number of ether oxygens (including phenoxy) is 2. The number of alkyl halides is 2. The van der Waals surface area contributed by atoms with Crippen molar-refractivity contribution in [3.8, 4) is 22.6 Å². The summed E-state index contributed by atoms with van der Waals surface area (Å²) in [7, 11) is 0. The fourth-order valence-electron chi connectivity index (χ4n) is 3.11. The molecule has 1 N–H and O–H groups in total. The third-order valence-corrected chi connectivity index (χ3v) is 4.76. The highest BCUT2D eigenvalue weighted by Gasteiger charge is 2.43. The molecule has 0 unspecified atom stereocenters. The van der Waals surface area contributed by atoms with Gasteiger partial charge in [0.1, 0.15) is 5.82 Å². The second-order valence-electron chi connectivity index (χ2n) is 6.36. The Hall–Kier alpha value is -2.61. The van der Waals surface area contributed by atoms with E-state index in [2.05, 4.69) is 19.8 Å². The highest BCUT2D eigenvalue weighted by Crippen LogP contribution is 2.45. The maximum absolute atomic E-state index is 13.2. The molecule has 0 atom stereocenters. The number of halogens is 3. The number of likely N-dealkylation sites (tertiary alicyclic amines) is 1. The molecule has 4 rings (SSSR count). The standard InChI is InChI=1S/C18H16ClF2N3O3.C2H6/c19-13-9-15-14(26-18(20,21)27-15)8-12(13)11-4-5-16(22-10-11)23-17(25)24-6-2-1-3-7-24;1-2/h4-5,8-10H,1-3,6-7H2,(H,22,23,25);1-2H3. The molecule has 0 aliphatic carbocycles. The number of piperidine rings is 1. The Balaban J connectivity index is 0.00000117. The Morgan fingerprint density at radius 3 is 2.41 bits per heavy atom. The summed E-state index contributed by atoms with van der Waals surface area (Å²) in [5.74, 6) is 0.187. The minimum Gasteiger partial charge on any atom is -0.395 e. The Labute approximate surface area is 172 Å². The molecule has 156 valence electrons. The van der Waals surface area contributed by atoms with E-state index >= 15 is 0 Å². The smallest absolute Gasteiger partial charge is 0.395 e. The second kappa shape index (κ2) is 8.82. The molecular weight excluding hydrogens is 404 g/mol. The third-order valence-electron chi connectivity index (χ3n) is 4.44. The van der Waals surface area contributed by atoms with Crippen molar-refractivity contribution in [2.75, 3.05) is 18.4 Å². The number of benzene rings is 1. The lowest BCUT2D eigenvalue weighted by Gasteiger charge is -2.26. The Bertz CT molecular complexity index is 872. The van der Waals surface area contributed by atoms with Crippen LogP contribution < -0.4 is 14.8 Å². The van der Waals surface area contributed by atoms with Crippen LogP contribution in [0.4, 0.5) is 19.4 Å². The number of rotatable bonds is 2. The summed E-state index contributed by atoms with van der Waals surface area (Å²) in [6.07, 6.45) is 0.945. The highest BCUT2D eigenvalue weighted by molar-refractivity contribution is 6.33. The first-order chi connectivity index (χ1) is 13.9. The lowest BCUT2D eigenvalue weighted by molar-refractivity contribution is -0.286. The average Bonchev–Trinajstić information content (AvgIpc) is 3.03. The van der Waals surface area contributed by atoms with Gasteiger partial charge in [0.05, 0.1) is 5.02 Å². The molecule has 6 nitrogen and oxygen atoms in total. The zero-order valence-corrected chi connectivity index (χ0v) is 16.9. The van der Waals surface area contributed by atoms with Gasteiger partial charge in [-0.2, -0.15) is 0 Å². The van der Waals surface area contributed by atoms with Crippen molar-refractivity contribution in [2.24, 2.45) is 0 Å². The number of hydrogen-bond acceptors (Lipinski definition) is 4. The van der Waals surface area contributed by atoms with Gasteiger partial charge in [0, 0.05) is 36.5 Å². The molecule has 1 aromatic heterocycles. The van der Waals surface area contributed by atoms with Crippen molar-refractivity contribution >= 4 is 23.4 Å². The van der Waals surface area contributed by atoms with Crippen LogP contribution in [0.1, 0.15) is 33.1 Å². The van der Waals surface area contributed by atoms with Crippen molar-refractivity contribution in [3.05, 3.63) is 35.5 Å². The number of nitrogens with zero attached hydrogens (tertiary/aromatic N) is 2. The largest absolute Gasteiger partial charge is 0.586 e. The normalized spacial score (nSPS) is 16.7. The van der Waals surface area contributed by atoms with E-state index in [0.717, 1.165) is 32.4 Å². The van der Waals surface area contributed by atoms with Crippen LogP contribution in [0, 0.1) is 0 Å². The van der Waals surface area contributed by atoms with E-state index in [4.69, 9.17) is 11.6 Å². The van der Waals surface area contributed by atoms with E-state index in [1.54, 1.807) is 17.0 Å². The maximum atomic E-state index is 13.2. The summed E-state index contributed by atoms with van der Waals surface area (Å²) >= 11 is 6.18. The van der Waals surface area contributed by atoms with Gasteiger partial charge in [-0.05, 0) is 37.5 Å². The fraction of sp³-hybridized carbons (Fsp3) is 0.400. The predicted octanol–water partition coefficient (Wildman–Crippen LogP) is 5.77. The van der Waals surface area contributed by atoms with Crippen LogP contribution in [0.3, 0.4) is 0 Å². The van der Waals surface area contributed by atoms with Gasteiger partial charge in [-0.25, -0.2) is 9.78 Å².